The highest BCUT2D eigenvalue weighted by Gasteiger charge is 2.43. The molecule has 2 aliphatic rings. The van der Waals surface area contributed by atoms with Crippen LogP contribution in [0.15, 0.2) is 24.3 Å². The van der Waals surface area contributed by atoms with Gasteiger partial charge in [-0.05, 0) is 55.7 Å². The molecule has 3 heterocycles. The number of halogens is 1. The van der Waals surface area contributed by atoms with Crippen molar-refractivity contribution in [2.24, 2.45) is 11.3 Å². The number of carbonyl (C=O) groups excluding carboxylic acids is 1. The molecule has 0 spiro atoms. The van der Waals surface area contributed by atoms with Crippen molar-refractivity contribution < 1.29 is 13.9 Å². The Hall–Kier alpha value is -1.30. The van der Waals surface area contributed by atoms with Crippen molar-refractivity contribution in [3.63, 3.8) is 0 Å². The van der Waals surface area contributed by atoms with Crippen LogP contribution in [0.1, 0.15) is 35.4 Å². The predicted molar refractivity (Wildman–Crippen MR) is 94.2 cm³/mol. The number of carbonyl (C=O) groups is 1. The second-order valence-electron chi connectivity index (χ2n) is 7.06. The van der Waals surface area contributed by atoms with Gasteiger partial charge in [0.15, 0.2) is 5.78 Å². The van der Waals surface area contributed by atoms with Crippen molar-refractivity contribution in [3.05, 3.63) is 35.0 Å². The third-order valence-electron chi connectivity index (χ3n) is 5.47. The van der Waals surface area contributed by atoms with Crippen LogP contribution in [-0.2, 0) is 4.74 Å². The van der Waals surface area contributed by atoms with E-state index < -0.39 is 0 Å². The molecular weight excluding hydrogens is 325 g/mol. The van der Waals surface area contributed by atoms with Crippen LogP contribution in [0, 0.1) is 17.2 Å². The second-order valence-corrected chi connectivity index (χ2v) is 8.12. The minimum Gasteiger partial charge on any atom is -0.381 e. The minimum atomic E-state index is -0.334. The molecule has 1 aromatic heterocycles. The van der Waals surface area contributed by atoms with Gasteiger partial charge in [-0.3, -0.25) is 4.79 Å². The summed E-state index contributed by atoms with van der Waals surface area (Å²) < 4.78 is 20.0. The monoisotopic (exact) mass is 347 g/mol. The maximum atomic E-state index is 14.0. The molecule has 5 heteroatoms. The Bertz CT molecular complexity index is 745. The van der Waals surface area contributed by atoms with E-state index in [1.165, 1.54) is 17.4 Å². The lowest BCUT2D eigenvalue weighted by molar-refractivity contribution is 0.0451. The van der Waals surface area contributed by atoms with Crippen molar-refractivity contribution in [1.29, 1.82) is 0 Å². The van der Waals surface area contributed by atoms with E-state index in [-0.39, 0.29) is 17.0 Å². The molecule has 1 N–H and O–H groups in total. The highest BCUT2D eigenvalue weighted by molar-refractivity contribution is 7.20. The number of benzene rings is 1. The van der Waals surface area contributed by atoms with Crippen LogP contribution in [0.3, 0.4) is 0 Å². The molecule has 0 radical (unpaired) electrons. The van der Waals surface area contributed by atoms with Gasteiger partial charge in [-0.1, -0.05) is 12.1 Å². The number of hydrogen-bond donors (Lipinski definition) is 1. The molecule has 0 saturated carbocycles. The van der Waals surface area contributed by atoms with Crippen molar-refractivity contribution in [2.75, 3.05) is 26.3 Å². The van der Waals surface area contributed by atoms with Crippen LogP contribution in [0.2, 0.25) is 0 Å². The molecule has 1 aromatic carbocycles. The Morgan fingerprint density at radius 1 is 1.38 bits per heavy atom. The number of hydrogen-bond acceptors (Lipinski definition) is 4. The highest BCUT2D eigenvalue weighted by Crippen LogP contribution is 2.41. The zero-order valence-electron chi connectivity index (χ0n) is 13.6. The van der Waals surface area contributed by atoms with E-state index in [1.54, 1.807) is 6.07 Å². The third-order valence-corrected chi connectivity index (χ3v) is 6.62. The Labute approximate surface area is 145 Å². The first-order valence-corrected chi connectivity index (χ1v) is 9.51. The van der Waals surface area contributed by atoms with E-state index in [9.17, 15) is 9.18 Å². The summed E-state index contributed by atoms with van der Waals surface area (Å²) in [6, 6.07) is 6.91. The summed E-state index contributed by atoms with van der Waals surface area (Å²) in [6.45, 7) is 3.22. The number of thiophene rings is 1. The van der Waals surface area contributed by atoms with Gasteiger partial charge in [-0.2, -0.15) is 0 Å². The zero-order valence-corrected chi connectivity index (χ0v) is 14.5. The van der Waals surface area contributed by atoms with E-state index in [1.807, 2.05) is 12.1 Å². The number of nitrogens with one attached hydrogen (secondary N) is 1. The summed E-state index contributed by atoms with van der Waals surface area (Å²) in [5.41, 5.74) is -0.334. The number of fused-ring (bicyclic) bond motifs is 1. The molecule has 128 valence electrons. The van der Waals surface area contributed by atoms with Crippen molar-refractivity contribution in [3.8, 4) is 0 Å². The molecule has 24 heavy (non-hydrogen) atoms. The van der Waals surface area contributed by atoms with Crippen molar-refractivity contribution in [1.82, 2.24) is 5.32 Å². The maximum absolute atomic E-state index is 14.0. The molecule has 2 fully saturated rings. The highest BCUT2D eigenvalue weighted by atomic mass is 32.1. The minimum absolute atomic E-state index is 0.194. The van der Waals surface area contributed by atoms with E-state index in [0.717, 1.165) is 57.4 Å². The Kier molecular flexibility index (Phi) is 4.41. The average molecular weight is 347 g/mol. The topological polar surface area (TPSA) is 38.3 Å². The van der Waals surface area contributed by atoms with Crippen molar-refractivity contribution >= 4 is 27.2 Å². The molecular formula is C19H22FNO2S. The van der Waals surface area contributed by atoms with Gasteiger partial charge in [-0.25, -0.2) is 4.39 Å². The van der Waals surface area contributed by atoms with Crippen LogP contribution >= 0.6 is 11.3 Å². The third kappa shape index (κ3) is 2.89. The summed E-state index contributed by atoms with van der Waals surface area (Å²) in [4.78, 5) is 14.0. The molecule has 0 bridgehead atoms. The van der Waals surface area contributed by atoms with Crippen LogP contribution in [-0.4, -0.2) is 32.1 Å². The van der Waals surface area contributed by atoms with Crippen molar-refractivity contribution in [2.45, 2.75) is 25.7 Å². The molecule has 0 aliphatic carbocycles. The van der Waals surface area contributed by atoms with Gasteiger partial charge in [0.05, 0.1) is 9.58 Å². The lowest BCUT2D eigenvalue weighted by Gasteiger charge is -2.32. The summed E-state index contributed by atoms with van der Waals surface area (Å²) in [7, 11) is 0. The van der Waals surface area contributed by atoms with Gasteiger partial charge in [-0.15, -0.1) is 11.3 Å². The number of rotatable bonds is 4. The van der Waals surface area contributed by atoms with Crippen LogP contribution in [0.5, 0.6) is 0 Å². The molecule has 2 saturated heterocycles. The first-order chi connectivity index (χ1) is 11.7. The average Bonchev–Trinajstić information content (AvgIpc) is 3.23. The lowest BCUT2D eigenvalue weighted by Crippen LogP contribution is -2.36. The van der Waals surface area contributed by atoms with Crippen LogP contribution in [0.4, 0.5) is 4.39 Å². The number of ketones is 1. The van der Waals surface area contributed by atoms with Crippen LogP contribution < -0.4 is 5.32 Å². The first-order valence-electron chi connectivity index (χ1n) is 8.69. The Morgan fingerprint density at radius 2 is 2.21 bits per heavy atom. The van der Waals surface area contributed by atoms with Gasteiger partial charge >= 0.3 is 0 Å². The maximum Gasteiger partial charge on any atom is 0.180 e. The van der Waals surface area contributed by atoms with E-state index >= 15 is 0 Å². The van der Waals surface area contributed by atoms with E-state index in [4.69, 9.17) is 4.74 Å². The Morgan fingerprint density at radius 3 is 2.92 bits per heavy atom. The van der Waals surface area contributed by atoms with Crippen LogP contribution in [0.25, 0.3) is 10.1 Å². The SMILES string of the molecule is O=C(c1cc2cccc(F)c2s1)C1(CC2CCOCC2)CCNC1. The molecule has 3 nitrogen and oxygen atoms in total. The molecule has 4 rings (SSSR count). The fourth-order valence-electron chi connectivity index (χ4n) is 4.11. The van der Waals surface area contributed by atoms with E-state index in [0.29, 0.717) is 15.5 Å². The smallest absolute Gasteiger partial charge is 0.180 e. The summed E-state index contributed by atoms with van der Waals surface area (Å²) in [6.07, 6.45) is 3.87. The largest absolute Gasteiger partial charge is 0.381 e. The fraction of sp³-hybridized carbons (Fsp3) is 0.526. The molecule has 1 unspecified atom stereocenters. The summed E-state index contributed by atoms with van der Waals surface area (Å²) in [5.74, 6) is 0.507. The standard InChI is InChI=1S/C19H22FNO2S/c20-15-3-1-2-14-10-16(24-17(14)15)18(22)19(6-7-21-12-19)11-13-4-8-23-9-5-13/h1-3,10,13,21H,4-9,11-12H2. The zero-order chi connectivity index (χ0) is 16.6. The fourth-order valence-corrected chi connectivity index (χ4v) is 5.23. The first kappa shape index (κ1) is 16.2. The van der Waals surface area contributed by atoms with Gasteiger partial charge in [0.2, 0.25) is 0 Å². The number of Topliss-reactive ketones (excluding diaryl/α,β-unsaturated/α-hetero) is 1. The summed E-state index contributed by atoms with van der Waals surface area (Å²) in [5, 5.41) is 4.21. The molecule has 0 amide bonds. The van der Waals surface area contributed by atoms with Gasteiger partial charge in [0.1, 0.15) is 5.82 Å². The van der Waals surface area contributed by atoms with E-state index in [2.05, 4.69) is 5.32 Å². The molecule has 2 aliphatic heterocycles. The lowest BCUT2D eigenvalue weighted by atomic mass is 9.73. The quantitative estimate of drug-likeness (QED) is 0.849. The second kappa shape index (κ2) is 6.54. The number of ether oxygens (including phenoxy) is 1. The molecule has 1 atom stereocenters. The molecule has 2 aromatic rings. The normalized spacial score (nSPS) is 25.4. The van der Waals surface area contributed by atoms with Gasteiger partial charge in [0, 0.05) is 25.2 Å². The Balaban J connectivity index is 1.64. The van der Waals surface area contributed by atoms with Gasteiger partial charge in [0.25, 0.3) is 0 Å². The van der Waals surface area contributed by atoms with Gasteiger partial charge < -0.3 is 10.1 Å². The predicted octanol–water partition coefficient (Wildman–Crippen LogP) is 4.02. The summed E-state index contributed by atoms with van der Waals surface area (Å²) >= 11 is 1.30.